The fraction of sp³-hybridized carbons (Fsp3) is 0.300. The third-order valence-electron chi connectivity index (χ3n) is 2.04. The van der Waals surface area contributed by atoms with Crippen LogP contribution in [0.25, 0.3) is 10.8 Å². The first-order valence-electron chi connectivity index (χ1n) is 4.44. The van der Waals surface area contributed by atoms with Crippen LogP contribution in [0.1, 0.15) is 16.3 Å². The number of thiophene rings is 1. The van der Waals surface area contributed by atoms with Gasteiger partial charge in [-0.3, -0.25) is 0 Å². The van der Waals surface area contributed by atoms with E-state index in [2.05, 4.69) is 18.0 Å². The van der Waals surface area contributed by atoms with E-state index in [1.807, 2.05) is 13.0 Å². The molecule has 0 bridgehead atoms. The van der Waals surface area contributed by atoms with E-state index in [0.29, 0.717) is 12.4 Å². The van der Waals surface area contributed by atoms with Gasteiger partial charge >= 0.3 is 0 Å². The van der Waals surface area contributed by atoms with Gasteiger partial charge < -0.3 is 10.2 Å². The molecule has 0 unspecified atom stereocenters. The molecule has 3 nitrogen and oxygen atoms in total. The molecule has 0 aliphatic heterocycles. The summed E-state index contributed by atoms with van der Waals surface area (Å²) in [5.41, 5.74) is 6.37. The van der Waals surface area contributed by atoms with Gasteiger partial charge in [-0.2, -0.15) is 0 Å². The largest absolute Gasteiger partial charge is 0.440 e. The molecule has 2 rings (SSSR count). The Bertz CT molecular complexity index is 445. The van der Waals surface area contributed by atoms with Crippen LogP contribution in [-0.4, -0.2) is 4.98 Å². The van der Waals surface area contributed by atoms with Gasteiger partial charge in [-0.25, -0.2) is 4.98 Å². The summed E-state index contributed by atoms with van der Waals surface area (Å²) >= 11 is 1.68. The van der Waals surface area contributed by atoms with Gasteiger partial charge in [-0.1, -0.05) is 0 Å². The van der Waals surface area contributed by atoms with Crippen LogP contribution >= 0.6 is 11.3 Å². The van der Waals surface area contributed by atoms with Crippen LogP contribution in [0.3, 0.4) is 0 Å². The first kappa shape index (κ1) is 9.43. The van der Waals surface area contributed by atoms with Gasteiger partial charge in [0.15, 0.2) is 0 Å². The molecule has 0 aliphatic rings. The molecule has 0 aliphatic carbocycles. The molecule has 0 saturated heterocycles. The van der Waals surface area contributed by atoms with E-state index in [9.17, 15) is 0 Å². The number of hydrogen-bond donors (Lipinski definition) is 1. The lowest BCUT2D eigenvalue weighted by Crippen LogP contribution is -1.97. The molecule has 0 atom stereocenters. The standard InChI is InChI=1S/C10H12N2OS/c1-6-3-4-9(14-6)10-12-8(5-11)7(2)13-10/h3-4H,5,11H2,1-2H3. The molecular formula is C10H12N2OS. The minimum Gasteiger partial charge on any atom is -0.440 e. The monoisotopic (exact) mass is 208 g/mol. The maximum absolute atomic E-state index is 5.53. The maximum atomic E-state index is 5.53. The molecule has 0 spiro atoms. The van der Waals surface area contributed by atoms with E-state index in [1.54, 1.807) is 11.3 Å². The van der Waals surface area contributed by atoms with Gasteiger partial charge in [-0.15, -0.1) is 11.3 Å². The molecule has 2 aromatic rings. The first-order valence-corrected chi connectivity index (χ1v) is 5.25. The van der Waals surface area contributed by atoms with Crippen molar-refractivity contribution in [1.29, 1.82) is 0 Å². The first-order chi connectivity index (χ1) is 6.70. The van der Waals surface area contributed by atoms with Crippen LogP contribution in [0.15, 0.2) is 16.5 Å². The smallest absolute Gasteiger partial charge is 0.236 e. The van der Waals surface area contributed by atoms with E-state index < -0.39 is 0 Å². The highest BCUT2D eigenvalue weighted by Gasteiger charge is 2.11. The molecular weight excluding hydrogens is 196 g/mol. The zero-order valence-electron chi connectivity index (χ0n) is 8.20. The highest BCUT2D eigenvalue weighted by Crippen LogP contribution is 2.28. The second-order valence-corrected chi connectivity index (χ2v) is 4.42. The van der Waals surface area contributed by atoms with Crippen molar-refractivity contribution in [2.75, 3.05) is 0 Å². The summed E-state index contributed by atoms with van der Waals surface area (Å²) in [5.74, 6) is 1.50. The Labute approximate surface area is 86.6 Å². The molecule has 0 aromatic carbocycles. The topological polar surface area (TPSA) is 52.0 Å². The predicted octanol–water partition coefficient (Wildman–Crippen LogP) is 2.48. The summed E-state index contributed by atoms with van der Waals surface area (Å²) in [6.45, 7) is 4.38. The Hall–Kier alpha value is -1.13. The second kappa shape index (κ2) is 3.55. The van der Waals surface area contributed by atoms with Crippen LogP contribution in [0.2, 0.25) is 0 Å². The second-order valence-electron chi connectivity index (χ2n) is 3.14. The third kappa shape index (κ3) is 1.58. The Balaban J connectivity index is 2.42. The lowest BCUT2D eigenvalue weighted by atomic mass is 10.4. The zero-order chi connectivity index (χ0) is 10.1. The molecule has 4 heteroatoms. The van der Waals surface area contributed by atoms with E-state index in [4.69, 9.17) is 10.2 Å². The molecule has 14 heavy (non-hydrogen) atoms. The van der Waals surface area contributed by atoms with Crippen LogP contribution in [-0.2, 0) is 6.54 Å². The highest BCUT2D eigenvalue weighted by atomic mass is 32.1. The number of aromatic nitrogens is 1. The molecule has 2 aromatic heterocycles. The minimum atomic E-state index is 0.430. The number of oxazole rings is 1. The fourth-order valence-corrected chi connectivity index (χ4v) is 2.07. The van der Waals surface area contributed by atoms with Crippen molar-refractivity contribution in [2.45, 2.75) is 20.4 Å². The van der Waals surface area contributed by atoms with E-state index in [0.717, 1.165) is 16.3 Å². The van der Waals surface area contributed by atoms with Gasteiger partial charge in [0.25, 0.3) is 0 Å². The summed E-state index contributed by atoms with van der Waals surface area (Å²) < 4.78 is 5.52. The number of rotatable bonds is 2. The Morgan fingerprint density at radius 2 is 2.21 bits per heavy atom. The Kier molecular flexibility index (Phi) is 2.39. The molecule has 0 radical (unpaired) electrons. The van der Waals surface area contributed by atoms with E-state index in [-0.39, 0.29) is 0 Å². The van der Waals surface area contributed by atoms with Crippen molar-refractivity contribution in [3.63, 3.8) is 0 Å². The predicted molar refractivity (Wildman–Crippen MR) is 57.2 cm³/mol. The van der Waals surface area contributed by atoms with Gasteiger partial charge in [0.1, 0.15) is 5.76 Å². The maximum Gasteiger partial charge on any atom is 0.236 e. The van der Waals surface area contributed by atoms with Crippen LogP contribution in [0.4, 0.5) is 0 Å². The average Bonchev–Trinajstić information content (AvgIpc) is 2.71. The quantitative estimate of drug-likeness (QED) is 0.824. The van der Waals surface area contributed by atoms with E-state index >= 15 is 0 Å². The van der Waals surface area contributed by atoms with Crippen LogP contribution in [0, 0.1) is 13.8 Å². The fourth-order valence-electron chi connectivity index (χ4n) is 1.27. The lowest BCUT2D eigenvalue weighted by Gasteiger charge is -1.85. The average molecular weight is 208 g/mol. The molecule has 74 valence electrons. The van der Waals surface area contributed by atoms with Crippen molar-refractivity contribution >= 4 is 11.3 Å². The van der Waals surface area contributed by atoms with Crippen LogP contribution < -0.4 is 5.73 Å². The number of aryl methyl sites for hydroxylation is 2. The van der Waals surface area contributed by atoms with Gasteiger partial charge in [0.05, 0.1) is 10.6 Å². The van der Waals surface area contributed by atoms with Crippen LogP contribution in [0.5, 0.6) is 0 Å². The van der Waals surface area contributed by atoms with Gasteiger partial charge in [-0.05, 0) is 26.0 Å². The lowest BCUT2D eigenvalue weighted by molar-refractivity contribution is 0.541. The summed E-state index contributed by atoms with van der Waals surface area (Å²) in [4.78, 5) is 6.65. The summed E-state index contributed by atoms with van der Waals surface area (Å²) in [5, 5.41) is 0. The number of nitrogens with zero attached hydrogens (tertiary/aromatic N) is 1. The summed E-state index contributed by atoms with van der Waals surface area (Å²) in [6, 6.07) is 4.08. The molecule has 2 N–H and O–H groups in total. The zero-order valence-corrected chi connectivity index (χ0v) is 9.02. The van der Waals surface area contributed by atoms with E-state index in [1.165, 1.54) is 4.88 Å². The highest BCUT2D eigenvalue weighted by molar-refractivity contribution is 7.15. The molecule has 0 saturated carbocycles. The van der Waals surface area contributed by atoms with Crippen molar-refractivity contribution in [2.24, 2.45) is 5.73 Å². The third-order valence-corrected chi connectivity index (χ3v) is 3.03. The van der Waals surface area contributed by atoms with Crippen molar-refractivity contribution in [3.05, 3.63) is 28.5 Å². The minimum absolute atomic E-state index is 0.430. The van der Waals surface area contributed by atoms with Crippen molar-refractivity contribution < 1.29 is 4.42 Å². The number of hydrogen-bond acceptors (Lipinski definition) is 4. The summed E-state index contributed by atoms with van der Waals surface area (Å²) in [6.07, 6.45) is 0. The molecule has 0 fully saturated rings. The Morgan fingerprint density at radius 1 is 1.43 bits per heavy atom. The van der Waals surface area contributed by atoms with Gasteiger partial charge in [0.2, 0.25) is 5.89 Å². The molecule has 0 amide bonds. The SMILES string of the molecule is Cc1ccc(-c2nc(CN)c(C)o2)s1. The Morgan fingerprint density at radius 3 is 2.71 bits per heavy atom. The van der Waals surface area contributed by atoms with Gasteiger partial charge in [0, 0.05) is 11.4 Å². The normalized spacial score (nSPS) is 10.8. The summed E-state index contributed by atoms with van der Waals surface area (Å²) in [7, 11) is 0. The molecule has 2 heterocycles. The number of nitrogens with two attached hydrogens (primary N) is 1. The van der Waals surface area contributed by atoms with Crippen molar-refractivity contribution in [3.8, 4) is 10.8 Å². The van der Waals surface area contributed by atoms with Crippen molar-refractivity contribution in [1.82, 2.24) is 4.98 Å².